The molecular formula is C23H23Cl2N3O3. The van der Waals surface area contributed by atoms with E-state index in [1.54, 1.807) is 30.6 Å². The predicted molar refractivity (Wildman–Crippen MR) is 121 cm³/mol. The molecule has 1 aromatic heterocycles. The van der Waals surface area contributed by atoms with Crippen LogP contribution in [-0.2, 0) is 11.3 Å². The van der Waals surface area contributed by atoms with E-state index < -0.39 is 0 Å². The Bertz CT molecular complexity index is 975. The standard InChI is InChI=1S/C23H23Cl2N3O3/c24-20-2-1-3-21(25)19(20)16-31-23-15-26-14-22(27-23)17-4-6-18(7-5-17)30-13-10-28-8-11-29-12-9-28/h1-7,14-15H,8-13,16H2. The molecule has 0 atom stereocenters. The van der Waals surface area contributed by atoms with E-state index in [0.29, 0.717) is 28.2 Å². The summed E-state index contributed by atoms with van der Waals surface area (Å²) >= 11 is 12.4. The van der Waals surface area contributed by atoms with Gasteiger partial charge in [0.1, 0.15) is 19.0 Å². The van der Waals surface area contributed by atoms with Gasteiger partial charge in [-0.1, -0.05) is 29.3 Å². The lowest BCUT2D eigenvalue weighted by atomic mass is 10.1. The van der Waals surface area contributed by atoms with Crippen molar-refractivity contribution in [3.63, 3.8) is 0 Å². The molecule has 8 heteroatoms. The van der Waals surface area contributed by atoms with Gasteiger partial charge in [-0.2, -0.15) is 0 Å². The predicted octanol–water partition coefficient (Wildman–Crippen LogP) is 4.74. The molecule has 2 heterocycles. The van der Waals surface area contributed by atoms with Gasteiger partial charge in [0.05, 0.1) is 31.3 Å². The fraction of sp³-hybridized carbons (Fsp3) is 0.304. The molecule has 6 nitrogen and oxygen atoms in total. The first kappa shape index (κ1) is 21.8. The number of hydrogen-bond donors (Lipinski definition) is 0. The van der Waals surface area contributed by atoms with Crippen LogP contribution in [0.3, 0.4) is 0 Å². The van der Waals surface area contributed by atoms with E-state index in [0.717, 1.165) is 49.7 Å². The number of morpholine rings is 1. The third kappa shape index (κ3) is 6.08. The highest BCUT2D eigenvalue weighted by Gasteiger charge is 2.11. The lowest BCUT2D eigenvalue weighted by Crippen LogP contribution is -2.38. The molecule has 0 N–H and O–H groups in total. The molecule has 0 radical (unpaired) electrons. The molecule has 1 aliphatic heterocycles. The number of hydrogen-bond acceptors (Lipinski definition) is 6. The molecule has 3 aromatic rings. The molecule has 4 rings (SSSR count). The van der Waals surface area contributed by atoms with Gasteiger partial charge in [0.25, 0.3) is 0 Å². The molecule has 0 unspecified atom stereocenters. The molecule has 0 bridgehead atoms. The zero-order chi connectivity index (χ0) is 21.5. The molecule has 0 spiro atoms. The van der Waals surface area contributed by atoms with E-state index in [2.05, 4.69) is 14.9 Å². The summed E-state index contributed by atoms with van der Waals surface area (Å²) in [5.41, 5.74) is 2.36. The lowest BCUT2D eigenvalue weighted by molar-refractivity contribution is 0.0322. The number of halogens is 2. The van der Waals surface area contributed by atoms with E-state index in [9.17, 15) is 0 Å². The van der Waals surface area contributed by atoms with Crippen LogP contribution in [-0.4, -0.2) is 54.3 Å². The topological polar surface area (TPSA) is 56.7 Å². The summed E-state index contributed by atoms with van der Waals surface area (Å²) in [6.07, 6.45) is 3.26. The van der Waals surface area contributed by atoms with E-state index in [4.69, 9.17) is 37.4 Å². The molecular weight excluding hydrogens is 437 g/mol. The first-order valence-electron chi connectivity index (χ1n) is 10.1. The van der Waals surface area contributed by atoms with Crippen molar-refractivity contribution in [2.45, 2.75) is 6.61 Å². The van der Waals surface area contributed by atoms with Crippen LogP contribution in [0.25, 0.3) is 11.3 Å². The van der Waals surface area contributed by atoms with E-state index in [1.165, 1.54) is 0 Å². The summed E-state index contributed by atoms with van der Waals surface area (Å²) in [5.74, 6) is 1.23. The normalized spacial score (nSPS) is 14.4. The number of aromatic nitrogens is 2. The van der Waals surface area contributed by atoms with Crippen molar-refractivity contribution in [1.82, 2.24) is 14.9 Å². The maximum absolute atomic E-state index is 6.20. The van der Waals surface area contributed by atoms with Gasteiger partial charge in [0.2, 0.25) is 5.88 Å². The second kappa shape index (κ2) is 10.8. The number of nitrogens with zero attached hydrogens (tertiary/aromatic N) is 3. The van der Waals surface area contributed by atoms with Crippen LogP contribution in [0, 0.1) is 0 Å². The second-order valence-corrected chi connectivity index (χ2v) is 7.87. The summed E-state index contributed by atoms with van der Waals surface area (Å²) in [5, 5.41) is 1.11. The summed E-state index contributed by atoms with van der Waals surface area (Å²) < 4.78 is 17.0. The number of ether oxygens (including phenoxy) is 3. The first-order chi connectivity index (χ1) is 15.2. The van der Waals surface area contributed by atoms with E-state index in [1.807, 2.05) is 24.3 Å². The van der Waals surface area contributed by atoms with Crippen LogP contribution in [0.1, 0.15) is 5.56 Å². The summed E-state index contributed by atoms with van der Waals surface area (Å²) in [6, 6.07) is 13.1. The largest absolute Gasteiger partial charge is 0.492 e. The minimum Gasteiger partial charge on any atom is -0.492 e. The first-order valence-corrected chi connectivity index (χ1v) is 10.9. The summed E-state index contributed by atoms with van der Waals surface area (Å²) in [4.78, 5) is 11.1. The van der Waals surface area contributed by atoms with Crippen LogP contribution in [0.2, 0.25) is 10.0 Å². The molecule has 0 aliphatic carbocycles. The van der Waals surface area contributed by atoms with E-state index in [-0.39, 0.29) is 6.61 Å². The van der Waals surface area contributed by atoms with Crippen LogP contribution < -0.4 is 9.47 Å². The van der Waals surface area contributed by atoms with E-state index >= 15 is 0 Å². The Morgan fingerprint density at radius 2 is 1.68 bits per heavy atom. The molecule has 1 aliphatic rings. The molecule has 1 saturated heterocycles. The quantitative estimate of drug-likeness (QED) is 0.484. The van der Waals surface area contributed by atoms with Gasteiger partial charge in [-0.25, -0.2) is 4.98 Å². The van der Waals surface area contributed by atoms with Gasteiger partial charge in [-0.3, -0.25) is 9.88 Å². The fourth-order valence-electron chi connectivity index (χ4n) is 3.21. The fourth-order valence-corrected chi connectivity index (χ4v) is 3.72. The van der Waals surface area contributed by atoms with Crippen LogP contribution in [0.5, 0.6) is 11.6 Å². The smallest absolute Gasteiger partial charge is 0.233 e. The van der Waals surface area contributed by atoms with Gasteiger partial charge in [-0.05, 0) is 36.4 Å². The van der Waals surface area contributed by atoms with Crippen LogP contribution in [0.4, 0.5) is 0 Å². The van der Waals surface area contributed by atoms with Crippen molar-refractivity contribution < 1.29 is 14.2 Å². The number of rotatable bonds is 8. The Morgan fingerprint density at radius 3 is 2.42 bits per heavy atom. The Hall–Kier alpha value is -2.38. The zero-order valence-electron chi connectivity index (χ0n) is 17.0. The SMILES string of the molecule is Clc1cccc(Cl)c1COc1cncc(-c2ccc(OCCN3CCOCC3)cc2)n1. The van der Waals surface area contributed by atoms with Crippen molar-refractivity contribution >= 4 is 23.2 Å². The van der Waals surface area contributed by atoms with Gasteiger partial charge in [0.15, 0.2) is 0 Å². The molecule has 0 amide bonds. The second-order valence-electron chi connectivity index (χ2n) is 7.06. The molecule has 1 fully saturated rings. The zero-order valence-corrected chi connectivity index (χ0v) is 18.5. The van der Waals surface area contributed by atoms with Crippen molar-refractivity contribution in [3.8, 4) is 22.9 Å². The molecule has 0 saturated carbocycles. The molecule has 162 valence electrons. The Morgan fingerprint density at radius 1 is 0.935 bits per heavy atom. The average molecular weight is 460 g/mol. The Kier molecular flexibility index (Phi) is 7.59. The maximum atomic E-state index is 6.20. The lowest BCUT2D eigenvalue weighted by Gasteiger charge is -2.26. The Labute approximate surface area is 191 Å². The third-order valence-corrected chi connectivity index (χ3v) is 5.68. The Balaban J connectivity index is 1.34. The van der Waals surface area contributed by atoms with Gasteiger partial charge in [-0.15, -0.1) is 0 Å². The highest BCUT2D eigenvalue weighted by Crippen LogP contribution is 2.26. The number of benzene rings is 2. The summed E-state index contributed by atoms with van der Waals surface area (Å²) in [7, 11) is 0. The minimum atomic E-state index is 0.215. The van der Waals surface area contributed by atoms with Crippen LogP contribution in [0.15, 0.2) is 54.9 Å². The highest BCUT2D eigenvalue weighted by molar-refractivity contribution is 6.35. The van der Waals surface area contributed by atoms with Crippen LogP contribution >= 0.6 is 23.2 Å². The van der Waals surface area contributed by atoms with Gasteiger partial charge in [0, 0.05) is 40.8 Å². The monoisotopic (exact) mass is 459 g/mol. The summed E-state index contributed by atoms with van der Waals surface area (Å²) in [6.45, 7) is 5.27. The van der Waals surface area contributed by atoms with Crippen molar-refractivity contribution in [3.05, 3.63) is 70.5 Å². The molecule has 31 heavy (non-hydrogen) atoms. The third-order valence-electron chi connectivity index (χ3n) is 4.97. The highest BCUT2D eigenvalue weighted by atomic mass is 35.5. The van der Waals surface area contributed by atoms with Gasteiger partial charge >= 0.3 is 0 Å². The van der Waals surface area contributed by atoms with Crippen molar-refractivity contribution in [2.75, 3.05) is 39.5 Å². The maximum Gasteiger partial charge on any atom is 0.233 e. The average Bonchev–Trinajstić information content (AvgIpc) is 2.80. The van der Waals surface area contributed by atoms with Gasteiger partial charge < -0.3 is 14.2 Å². The molecule has 2 aromatic carbocycles. The van der Waals surface area contributed by atoms with Crippen molar-refractivity contribution in [2.24, 2.45) is 0 Å². The minimum absolute atomic E-state index is 0.215. The van der Waals surface area contributed by atoms with Crippen molar-refractivity contribution in [1.29, 1.82) is 0 Å².